The lowest BCUT2D eigenvalue weighted by atomic mass is 9.86. The number of amides is 3. The van der Waals surface area contributed by atoms with Gasteiger partial charge in [0.25, 0.3) is 0 Å². The molecule has 2 aromatic rings. The lowest BCUT2D eigenvalue weighted by Gasteiger charge is -2.32. The molecule has 2 aromatic carbocycles. The molecule has 0 aliphatic carbocycles. The largest absolute Gasteiger partial charge is 0.479 e. The molecule has 0 radical (unpaired) electrons. The number of fused-ring (bicyclic) bond motifs is 1. The third-order valence-electron chi connectivity index (χ3n) is 6.99. The van der Waals surface area contributed by atoms with Gasteiger partial charge in [-0.2, -0.15) is 4.39 Å². The summed E-state index contributed by atoms with van der Waals surface area (Å²) in [5, 5.41) is 5.07. The fourth-order valence-electron chi connectivity index (χ4n) is 4.82. The van der Waals surface area contributed by atoms with Crippen molar-refractivity contribution in [2.45, 2.75) is 51.5 Å². The number of hydrogen-bond acceptors (Lipinski definition) is 7. The zero-order chi connectivity index (χ0) is 30.8. The highest BCUT2D eigenvalue weighted by Crippen LogP contribution is 2.36. The van der Waals surface area contributed by atoms with Gasteiger partial charge in [-0.05, 0) is 29.9 Å². The van der Waals surface area contributed by atoms with E-state index in [-0.39, 0.29) is 24.6 Å². The van der Waals surface area contributed by atoms with Crippen molar-refractivity contribution in [3.8, 4) is 11.5 Å². The first-order valence-corrected chi connectivity index (χ1v) is 13.3. The fraction of sp³-hybridized carbons (Fsp3) is 0.414. The summed E-state index contributed by atoms with van der Waals surface area (Å²) in [6, 6.07) is 5.79. The van der Waals surface area contributed by atoms with Gasteiger partial charge in [-0.1, -0.05) is 39.0 Å². The van der Waals surface area contributed by atoms with Crippen molar-refractivity contribution in [2.75, 3.05) is 25.0 Å². The van der Waals surface area contributed by atoms with Crippen molar-refractivity contribution < 1.29 is 46.6 Å². The number of rotatable bonds is 3. The number of hydrogen-bond donors (Lipinski definition) is 2. The Balaban J connectivity index is 1.41. The molecule has 1 unspecified atom stereocenters. The predicted molar refractivity (Wildman–Crippen MR) is 142 cm³/mol. The summed E-state index contributed by atoms with van der Waals surface area (Å²) in [5.74, 6) is -12.0. The van der Waals surface area contributed by atoms with Crippen LogP contribution in [0.25, 0.3) is 0 Å². The van der Waals surface area contributed by atoms with Gasteiger partial charge in [0, 0.05) is 24.8 Å². The lowest BCUT2D eigenvalue weighted by Crippen LogP contribution is -2.52. The third kappa shape index (κ3) is 6.72. The quantitative estimate of drug-likeness (QED) is 0.244. The summed E-state index contributed by atoms with van der Waals surface area (Å²) in [7, 11) is 0. The topological polar surface area (TPSA) is 131 Å². The number of benzene rings is 2. The molecule has 2 heterocycles. The zero-order valence-corrected chi connectivity index (χ0v) is 23.2. The highest BCUT2D eigenvalue weighted by atomic mass is 19.2. The van der Waals surface area contributed by atoms with Crippen molar-refractivity contribution in [1.29, 1.82) is 0 Å². The molecule has 0 bridgehead atoms. The summed E-state index contributed by atoms with van der Waals surface area (Å²) in [4.78, 5) is 65.3. The summed E-state index contributed by atoms with van der Waals surface area (Å²) < 4.78 is 51.7. The summed E-state index contributed by atoms with van der Waals surface area (Å²) >= 11 is 0. The van der Waals surface area contributed by atoms with Gasteiger partial charge in [0.2, 0.25) is 23.2 Å². The number of carbonyl (C=O) groups is 5. The zero-order valence-electron chi connectivity index (χ0n) is 23.2. The first-order valence-electron chi connectivity index (χ1n) is 13.3. The van der Waals surface area contributed by atoms with Crippen molar-refractivity contribution in [2.24, 2.45) is 5.92 Å². The number of esters is 1. The number of likely N-dealkylation sites (tertiary alicyclic amines) is 1. The van der Waals surface area contributed by atoms with Crippen LogP contribution in [0, 0.1) is 23.4 Å². The van der Waals surface area contributed by atoms with E-state index in [1.54, 1.807) is 12.1 Å². The number of halogens is 3. The van der Waals surface area contributed by atoms with E-state index in [1.807, 2.05) is 32.9 Å². The summed E-state index contributed by atoms with van der Waals surface area (Å²) in [6.07, 6.45) is -0.0251. The molecule has 2 aliphatic rings. The van der Waals surface area contributed by atoms with Crippen LogP contribution in [0.2, 0.25) is 0 Å². The first-order chi connectivity index (χ1) is 19.8. The number of nitrogens with one attached hydrogen (secondary N) is 2. The Bertz CT molecular complexity index is 1440. The van der Waals surface area contributed by atoms with Crippen LogP contribution < -0.4 is 20.1 Å². The van der Waals surface area contributed by atoms with Crippen molar-refractivity contribution >= 4 is 35.2 Å². The molecule has 0 spiro atoms. The molecule has 2 atom stereocenters. The summed E-state index contributed by atoms with van der Waals surface area (Å²) in [6.45, 7) is 5.10. The van der Waals surface area contributed by atoms with Crippen LogP contribution in [-0.2, 0) is 29.4 Å². The van der Waals surface area contributed by atoms with E-state index in [2.05, 4.69) is 10.6 Å². The molecule has 0 saturated carbocycles. The Morgan fingerprint density at radius 3 is 2.45 bits per heavy atom. The number of carbonyl (C=O) groups excluding carboxylic acids is 5. The molecule has 224 valence electrons. The van der Waals surface area contributed by atoms with Gasteiger partial charge < -0.3 is 25.0 Å². The molecule has 4 rings (SSSR count). The maximum Gasteiger partial charge on any atom is 0.313 e. The van der Waals surface area contributed by atoms with Crippen LogP contribution >= 0.6 is 0 Å². The van der Waals surface area contributed by atoms with Gasteiger partial charge in [0.05, 0.1) is 12.3 Å². The first kappa shape index (κ1) is 30.5. The maximum absolute atomic E-state index is 14.2. The second-order valence-corrected chi connectivity index (χ2v) is 11.1. The van der Waals surface area contributed by atoms with Gasteiger partial charge in [-0.3, -0.25) is 24.0 Å². The molecule has 42 heavy (non-hydrogen) atoms. The van der Waals surface area contributed by atoms with E-state index in [4.69, 9.17) is 9.47 Å². The van der Waals surface area contributed by atoms with E-state index >= 15 is 0 Å². The van der Waals surface area contributed by atoms with Gasteiger partial charge in [0.15, 0.2) is 17.4 Å². The number of anilines is 1. The molecule has 1 saturated heterocycles. The van der Waals surface area contributed by atoms with Crippen LogP contribution in [0.4, 0.5) is 18.9 Å². The number of Topliss-reactive ketones (excluding diaryl/α,β-unsaturated/α-hetero) is 1. The van der Waals surface area contributed by atoms with Crippen molar-refractivity contribution in [3.63, 3.8) is 0 Å². The van der Waals surface area contributed by atoms with Crippen molar-refractivity contribution in [1.82, 2.24) is 10.2 Å². The molecular weight excluding hydrogens is 559 g/mol. The number of ether oxygens (including phenoxy) is 2. The average Bonchev–Trinajstić information content (AvgIpc) is 2.99. The molecule has 3 amide bonds. The molecule has 1 fully saturated rings. The van der Waals surface area contributed by atoms with E-state index in [0.717, 1.165) is 5.56 Å². The van der Waals surface area contributed by atoms with Crippen LogP contribution in [0.15, 0.2) is 30.3 Å². The minimum atomic E-state index is -1.65. The Kier molecular flexibility index (Phi) is 8.88. The highest BCUT2D eigenvalue weighted by molar-refractivity contribution is 6.39. The molecule has 2 aliphatic heterocycles. The Morgan fingerprint density at radius 1 is 1.02 bits per heavy atom. The Labute approximate surface area is 239 Å². The van der Waals surface area contributed by atoms with E-state index in [9.17, 15) is 37.1 Å². The van der Waals surface area contributed by atoms with Gasteiger partial charge in [0.1, 0.15) is 12.6 Å². The van der Waals surface area contributed by atoms with Gasteiger partial charge >= 0.3 is 17.8 Å². The molecule has 0 aromatic heterocycles. The predicted octanol–water partition coefficient (Wildman–Crippen LogP) is 3.02. The normalized spacial score (nSPS) is 19.3. The maximum atomic E-state index is 14.2. The minimum Gasteiger partial charge on any atom is -0.479 e. The van der Waals surface area contributed by atoms with Crippen molar-refractivity contribution in [3.05, 3.63) is 53.3 Å². The fourth-order valence-corrected chi connectivity index (χ4v) is 4.82. The van der Waals surface area contributed by atoms with E-state index in [0.29, 0.717) is 18.5 Å². The van der Waals surface area contributed by atoms with Crippen LogP contribution in [0.1, 0.15) is 45.6 Å². The minimum absolute atomic E-state index is 0.123. The Morgan fingerprint density at radius 2 is 1.74 bits per heavy atom. The monoisotopic (exact) mass is 589 g/mol. The van der Waals surface area contributed by atoms with Gasteiger partial charge in [-0.15, -0.1) is 0 Å². The second kappa shape index (κ2) is 12.2. The number of piperidine rings is 1. The number of ketones is 1. The molecule has 2 N–H and O–H groups in total. The smallest absolute Gasteiger partial charge is 0.313 e. The molecule has 13 heteroatoms. The van der Waals surface area contributed by atoms with Crippen LogP contribution in [0.3, 0.4) is 0 Å². The summed E-state index contributed by atoms with van der Waals surface area (Å²) in [5.41, 5.74) is 1.03. The highest BCUT2D eigenvalue weighted by Gasteiger charge is 2.36. The second-order valence-electron chi connectivity index (χ2n) is 11.1. The third-order valence-corrected chi connectivity index (χ3v) is 6.99. The molecule has 10 nitrogen and oxygen atoms in total. The lowest BCUT2D eigenvalue weighted by molar-refractivity contribution is -0.145. The number of nitrogens with zero attached hydrogens (tertiary/aromatic N) is 1. The molecular formula is C29H30F3N3O7. The standard InChI is InChI=1S/C29H30F3N3O7/c1-29(2,3)16-8-4-5-9-19(16)33-27(39)28(40)35-10-6-7-15(13-35)26(38)34-20-12-22(37)42-24-18(31)11-17(30)23(32)25(24)41-14-21(20)36/h4-5,8-9,11,15,20H,6-7,10,12-14H2,1-3H3,(H,33,39)(H,34,38)/t15?,20-/m0/s1. The van der Waals surface area contributed by atoms with Crippen LogP contribution in [0.5, 0.6) is 11.5 Å². The Hall–Kier alpha value is -4.42. The van der Waals surface area contributed by atoms with Crippen LogP contribution in [-0.4, -0.2) is 60.1 Å². The SMILES string of the molecule is CC(C)(C)c1ccccc1NC(=O)C(=O)N1CCCC(C(=O)N[C@H]2CC(=O)Oc3c(F)cc(F)c(F)c3OCC2=O)C1. The average molecular weight is 590 g/mol. The van der Waals surface area contributed by atoms with Gasteiger partial charge in [-0.25, -0.2) is 8.78 Å². The van der Waals surface area contributed by atoms with E-state index < -0.39 is 83.4 Å². The van der Waals surface area contributed by atoms with E-state index in [1.165, 1.54) is 4.90 Å². The number of para-hydroxylation sites is 1.